The molecule has 0 spiro atoms. The maximum absolute atomic E-state index is 5.44. The number of nitrogens with zero attached hydrogens (tertiary/aromatic N) is 3. The normalized spacial score (nSPS) is 11.6. The fourth-order valence-corrected chi connectivity index (χ4v) is 6.64. The first-order valence-corrected chi connectivity index (χ1v) is 13.8. The maximum atomic E-state index is 5.44. The highest BCUT2D eigenvalue weighted by Crippen LogP contribution is 2.42. The van der Waals surface area contributed by atoms with Crippen LogP contribution >= 0.6 is 11.3 Å². The van der Waals surface area contributed by atoms with Crippen LogP contribution < -0.4 is 0 Å². The van der Waals surface area contributed by atoms with Crippen molar-refractivity contribution in [2.75, 3.05) is 0 Å². The highest BCUT2D eigenvalue weighted by atomic mass is 32.1. The third kappa shape index (κ3) is 3.53. The highest BCUT2D eigenvalue weighted by Gasteiger charge is 2.19. The molecule has 4 heteroatoms. The zero-order valence-electron chi connectivity index (χ0n) is 20.9. The van der Waals surface area contributed by atoms with Crippen LogP contribution in [-0.4, -0.2) is 15.0 Å². The van der Waals surface area contributed by atoms with Crippen LogP contribution in [-0.2, 0) is 0 Å². The highest BCUT2D eigenvalue weighted by molar-refractivity contribution is 7.26. The molecule has 0 aliphatic carbocycles. The Bertz CT molecular complexity index is 2170. The zero-order chi connectivity index (χ0) is 25.8. The lowest BCUT2D eigenvalue weighted by Gasteiger charge is -2.14. The topological polar surface area (TPSA) is 38.7 Å². The predicted molar refractivity (Wildman–Crippen MR) is 164 cm³/mol. The van der Waals surface area contributed by atoms with E-state index in [-0.39, 0.29) is 0 Å². The average Bonchev–Trinajstić information content (AvgIpc) is 3.40. The number of rotatable bonds is 3. The van der Waals surface area contributed by atoms with Gasteiger partial charge in [0.15, 0.2) is 5.82 Å². The molecule has 0 saturated carbocycles. The summed E-state index contributed by atoms with van der Waals surface area (Å²) in [6.07, 6.45) is 1.95. The predicted octanol–water partition coefficient (Wildman–Crippen LogP) is 9.55. The molecule has 3 nitrogen and oxygen atoms in total. The summed E-state index contributed by atoms with van der Waals surface area (Å²) in [6.45, 7) is 0. The number of hydrogen-bond acceptors (Lipinski definition) is 4. The lowest BCUT2D eigenvalue weighted by molar-refractivity contribution is 1.18. The minimum absolute atomic E-state index is 0.703. The van der Waals surface area contributed by atoms with E-state index in [1.807, 2.05) is 53.9 Å². The molecule has 0 unspecified atom stereocenters. The number of thiophene rings is 1. The molecular formula is C35H21N3S. The SMILES string of the molecule is c1ccc(-c2ncc(-c3nc4c(ccc5sc6ccccc6c54)c4ccccc34)c(-c3ccccc3)n2)cc1. The fourth-order valence-electron chi connectivity index (χ4n) is 5.53. The van der Waals surface area contributed by atoms with Gasteiger partial charge >= 0.3 is 0 Å². The summed E-state index contributed by atoms with van der Waals surface area (Å²) in [4.78, 5) is 15.4. The third-order valence-corrected chi connectivity index (χ3v) is 8.47. The van der Waals surface area contributed by atoms with Crippen molar-refractivity contribution in [3.05, 3.63) is 128 Å². The smallest absolute Gasteiger partial charge is 0.159 e. The van der Waals surface area contributed by atoms with E-state index in [0.717, 1.165) is 44.4 Å². The molecule has 3 heterocycles. The van der Waals surface area contributed by atoms with Crippen molar-refractivity contribution in [3.8, 4) is 33.9 Å². The van der Waals surface area contributed by atoms with E-state index in [4.69, 9.17) is 15.0 Å². The Balaban J connectivity index is 1.50. The van der Waals surface area contributed by atoms with Gasteiger partial charge in [-0.2, -0.15) is 0 Å². The third-order valence-electron chi connectivity index (χ3n) is 7.34. The molecule has 182 valence electrons. The molecule has 0 radical (unpaired) electrons. The number of fused-ring (bicyclic) bond motifs is 7. The summed E-state index contributed by atoms with van der Waals surface area (Å²) in [6, 6.07) is 42.1. The minimum atomic E-state index is 0.703. The monoisotopic (exact) mass is 515 g/mol. The van der Waals surface area contributed by atoms with Gasteiger partial charge in [0.2, 0.25) is 0 Å². The largest absolute Gasteiger partial charge is 0.246 e. The summed E-state index contributed by atoms with van der Waals surface area (Å²) >= 11 is 1.82. The van der Waals surface area contributed by atoms with Crippen LogP contribution in [0.15, 0.2) is 128 Å². The lowest BCUT2D eigenvalue weighted by atomic mass is 9.96. The van der Waals surface area contributed by atoms with Gasteiger partial charge in [-0.15, -0.1) is 11.3 Å². The Labute approximate surface area is 229 Å². The van der Waals surface area contributed by atoms with Crippen LogP contribution in [0.4, 0.5) is 0 Å². The first-order chi connectivity index (χ1) is 19.3. The van der Waals surface area contributed by atoms with Gasteiger partial charge in [0, 0.05) is 53.8 Å². The Hall–Kier alpha value is -4.93. The minimum Gasteiger partial charge on any atom is -0.246 e. The molecule has 3 aromatic heterocycles. The maximum Gasteiger partial charge on any atom is 0.159 e. The van der Waals surface area contributed by atoms with Crippen LogP contribution in [0.3, 0.4) is 0 Å². The number of hydrogen-bond donors (Lipinski definition) is 0. The van der Waals surface area contributed by atoms with Gasteiger partial charge in [-0.25, -0.2) is 15.0 Å². The first-order valence-electron chi connectivity index (χ1n) is 13.0. The van der Waals surface area contributed by atoms with Gasteiger partial charge in [-0.3, -0.25) is 0 Å². The van der Waals surface area contributed by atoms with E-state index < -0.39 is 0 Å². The van der Waals surface area contributed by atoms with Gasteiger partial charge in [-0.1, -0.05) is 109 Å². The van der Waals surface area contributed by atoms with Crippen molar-refractivity contribution in [1.29, 1.82) is 0 Å². The van der Waals surface area contributed by atoms with E-state index >= 15 is 0 Å². The Morgan fingerprint density at radius 1 is 0.462 bits per heavy atom. The van der Waals surface area contributed by atoms with E-state index in [2.05, 4.69) is 84.9 Å². The molecule has 39 heavy (non-hydrogen) atoms. The first kappa shape index (κ1) is 22.1. The standard InChI is InChI=1S/C35H21N3S/c1-3-11-22(12-4-1)32-28(21-36-35(38-32)23-13-5-2-6-14-23)33-25-16-8-7-15-24(25)26-19-20-30-31(34(26)37-33)27-17-9-10-18-29(27)39-30/h1-21H. The van der Waals surface area contributed by atoms with Crippen molar-refractivity contribution >= 4 is 53.2 Å². The van der Waals surface area contributed by atoms with Crippen molar-refractivity contribution in [2.45, 2.75) is 0 Å². The molecule has 0 amide bonds. The molecule has 0 aliphatic heterocycles. The quantitative estimate of drug-likeness (QED) is 0.220. The summed E-state index contributed by atoms with van der Waals surface area (Å²) in [5, 5.41) is 5.89. The fraction of sp³-hybridized carbons (Fsp3) is 0. The Morgan fingerprint density at radius 2 is 1.13 bits per heavy atom. The van der Waals surface area contributed by atoms with Crippen molar-refractivity contribution in [3.63, 3.8) is 0 Å². The van der Waals surface area contributed by atoms with Gasteiger partial charge in [0.1, 0.15) is 0 Å². The number of aromatic nitrogens is 3. The van der Waals surface area contributed by atoms with Crippen LogP contribution in [0.2, 0.25) is 0 Å². The molecule has 0 atom stereocenters. The van der Waals surface area contributed by atoms with Crippen LogP contribution in [0.5, 0.6) is 0 Å². The second-order valence-corrected chi connectivity index (χ2v) is 10.7. The van der Waals surface area contributed by atoms with E-state index in [9.17, 15) is 0 Å². The van der Waals surface area contributed by atoms with E-state index in [1.54, 1.807) is 0 Å². The lowest BCUT2D eigenvalue weighted by Crippen LogP contribution is -1.98. The average molecular weight is 516 g/mol. The number of benzene rings is 5. The second-order valence-electron chi connectivity index (χ2n) is 9.63. The molecule has 0 N–H and O–H groups in total. The van der Waals surface area contributed by atoms with E-state index in [0.29, 0.717) is 5.82 Å². The molecule has 8 rings (SSSR count). The molecule has 0 aliphatic rings. The summed E-state index contributed by atoms with van der Waals surface area (Å²) in [5.41, 5.74) is 5.75. The Kier molecular flexibility index (Phi) is 5.00. The summed E-state index contributed by atoms with van der Waals surface area (Å²) in [5.74, 6) is 0.703. The van der Waals surface area contributed by atoms with Crippen LogP contribution in [0.25, 0.3) is 75.8 Å². The van der Waals surface area contributed by atoms with Crippen molar-refractivity contribution in [1.82, 2.24) is 15.0 Å². The molecular weight excluding hydrogens is 494 g/mol. The van der Waals surface area contributed by atoms with E-state index in [1.165, 1.54) is 25.6 Å². The molecule has 0 fully saturated rings. The molecule has 0 bridgehead atoms. The summed E-state index contributed by atoms with van der Waals surface area (Å²) in [7, 11) is 0. The van der Waals surface area contributed by atoms with Gasteiger partial charge in [-0.05, 0) is 17.5 Å². The molecule has 0 saturated heterocycles. The Morgan fingerprint density at radius 3 is 1.92 bits per heavy atom. The summed E-state index contributed by atoms with van der Waals surface area (Å²) < 4.78 is 2.52. The van der Waals surface area contributed by atoms with Crippen LogP contribution in [0.1, 0.15) is 0 Å². The van der Waals surface area contributed by atoms with Gasteiger partial charge < -0.3 is 0 Å². The van der Waals surface area contributed by atoms with Gasteiger partial charge in [0.05, 0.1) is 16.9 Å². The second kappa shape index (κ2) is 8.83. The van der Waals surface area contributed by atoms with Gasteiger partial charge in [0.25, 0.3) is 0 Å². The number of pyridine rings is 1. The van der Waals surface area contributed by atoms with Crippen LogP contribution in [0, 0.1) is 0 Å². The van der Waals surface area contributed by atoms with Crippen molar-refractivity contribution in [2.24, 2.45) is 0 Å². The van der Waals surface area contributed by atoms with Crippen molar-refractivity contribution < 1.29 is 0 Å². The zero-order valence-corrected chi connectivity index (χ0v) is 21.7. The molecule has 5 aromatic carbocycles. The molecule has 8 aromatic rings.